The number of likely N-dealkylation sites (tertiary alicyclic amines) is 1. The number of benzene rings is 1. The smallest absolute Gasteiger partial charge is 0.326 e. The lowest BCUT2D eigenvalue weighted by atomic mass is 10.0. The second-order valence-corrected chi connectivity index (χ2v) is 7.50. The van der Waals surface area contributed by atoms with Crippen LogP contribution in [0.5, 0.6) is 0 Å². The molecule has 7 nitrogen and oxygen atoms in total. The Kier molecular flexibility index (Phi) is 4.93. The Labute approximate surface area is 135 Å². The number of carbonyl (C=O) groups is 2. The number of piperidine rings is 1. The van der Waals surface area contributed by atoms with Crippen molar-refractivity contribution in [2.45, 2.75) is 32.2 Å². The van der Waals surface area contributed by atoms with Gasteiger partial charge in [-0.15, -0.1) is 0 Å². The van der Waals surface area contributed by atoms with Gasteiger partial charge in [-0.2, -0.15) is 0 Å². The summed E-state index contributed by atoms with van der Waals surface area (Å²) < 4.78 is 25.2. The van der Waals surface area contributed by atoms with E-state index in [0.717, 1.165) is 19.1 Å². The number of aliphatic carboxylic acids is 1. The van der Waals surface area contributed by atoms with Gasteiger partial charge in [0.2, 0.25) is 10.0 Å². The Morgan fingerprint density at radius 3 is 2.61 bits per heavy atom. The zero-order valence-electron chi connectivity index (χ0n) is 13.1. The Hall–Kier alpha value is -2.09. The third-order valence-corrected chi connectivity index (χ3v) is 4.42. The minimum absolute atomic E-state index is 0.273. The van der Waals surface area contributed by atoms with E-state index in [1.165, 1.54) is 11.0 Å². The van der Waals surface area contributed by atoms with Gasteiger partial charge in [-0.25, -0.2) is 13.2 Å². The highest BCUT2D eigenvalue weighted by Gasteiger charge is 2.32. The molecule has 1 aromatic carbocycles. The molecule has 1 amide bonds. The number of hydrogen-bond acceptors (Lipinski definition) is 4. The van der Waals surface area contributed by atoms with Crippen LogP contribution in [0.3, 0.4) is 0 Å². The predicted molar refractivity (Wildman–Crippen MR) is 86.0 cm³/mol. The summed E-state index contributed by atoms with van der Waals surface area (Å²) in [5, 5.41) is 9.27. The van der Waals surface area contributed by atoms with Crippen molar-refractivity contribution in [3.8, 4) is 0 Å². The van der Waals surface area contributed by atoms with Crippen LogP contribution in [0.2, 0.25) is 0 Å². The lowest BCUT2D eigenvalue weighted by Crippen LogP contribution is -2.48. The number of amides is 1. The van der Waals surface area contributed by atoms with Crippen molar-refractivity contribution in [1.82, 2.24) is 4.90 Å². The van der Waals surface area contributed by atoms with Gasteiger partial charge in [-0.05, 0) is 43.9 Å². The summed E-state index contributed by atoms with van der Waals surface area (Å²) in [5.74, 6) is -1.41. The highest BCUT2D eigenvalue weighted by atomic mass is 32.2. The van der Waals surface area contributed by atoms with Crippen LogP contribution >= 0.6 is 0 Å². The van der Waals surface area contributed by atoms with Crippen LogP contribution in [0.15, 0.2) is 18.2 Å². The zero-order valence-corrected chi connectivity index (χ0v) is 13.9. The third-order valence-electron chi connectivity index (χ3n) is 3.83. The lowest BCUT2D eigenvalue weighted by Gasteiger charge is -2.33. The Balaban J connectivity index is 2.31. The molecule has 1 aliphatic heterocycles. The minimum atomic E-state index is -3.46. The average Bonchev–Trinajstić information content (AvgIpc) is 2.47. The molecular weight excluding hydrogens is 320 g/mol. The second kappa shape index (κ2) is 6.57. The van der Waals surface area contributed by atoms with Gasteiger partial charge in [-0.1, -0.05) is 6.07 Å². The summed E-state index contributed by atoms with van der Waals surface area (Å²) in [6, 6.07) is 3.84. The average molecular weight is 340 g/mol. The number of hydrogen-bond donors (Lipinski definition) is 2. The fourth-order valence-corrected chi connectivity index (χ4v) is 3.28. The molecule has 0 spiro atoms. The molecule has 0 aliphatic carbocycles. The maximum Gasteiger partial charge on any atom is 0.326 e. The van der Waals surface area contributed by atoms with Crippen LogP contribution < -0.4 is 4.72 Å². The van der Waals surface area contributed by atoms with Crippen molar-refractivity contribution in [2.75, 3.05) is 17.5 Å². The molecule has 0 saturated carbocycles. The predicted octanol–water partition coefficient (Wildman–Crippen LogP) is 1.45. The number of sulfonamides is 1. The van der Waals surface area contributed by atoms with Crippen molar-refractivity contribution in [1.29, 1.82) is 0 Å². The van der Waals surface area contributed by atoms with Crippen LogP contribution in [0.25, 0.3) is 0 Å². The first-order chi connectivity index (χ1) is 10.7. The molecule has 1 aliphatic rings. The van der Waals surface area contributed by atoms with Crippen molar-refractivity contribution in [2.24, 2.45) is 0 Å². The first kappa shape index (κ1) is 17.3. The second-order valence-electron chi connectivity index (χ2n) is 5.75. The maximum atomic E-state index is 12.6. The van der Waals surface area contributed by atoms with Crippen molar-refractivity contribution < 1.29 is 23.1 Å². The van der Waals surface area contributed by atoms with Crippen LogP contribution in [-0.4, -0.2) is 49.1 Å². The van der Waals surface area contributed by atoms with Gasteiger partial charge in [0, 0.05) is 12.1 Å². The molecule has 0 bridgehead atoms. The number of rotatable bonds is 4. The van der Waals surface area contributed by atoms with Gasteiger partial charge in [-0.3, -0.25) is 9.52 Å². The highest BCUT2D eigenvalue weighted by molar-refractivity contribution is 7.92. The van der Waals surface area contributed by atoms with Crippen LogP contribution in [0.1, 0.15) is 35.2 Å². The van der Waals surface area contributed by atoms with Crippen molar-refractivity contribution in [3.05, 3.63) is 29.3 Å². The normalized spacial score (nSPS) is 18.5. The molecule has 0 aromatic heterocycles. The van der Waals surface area contributed by atoms with E-state index in [1.807, 2.05) is 0 Å². The van der Waals surface area contributed by atoms with E-state index in [9.17, 15) is 23.1 Å². The van der Waals surface area contributed by atoms with Crippen molar-refractivity contribution in [3.63, 3.8) is 0 Å². The third kappa shape index (κ3) is 4.22. The minimum Gasteiger partial charge on any atom is -0.480 e. The summed E-state index contributed by atoms with van der Waals surface area (Å²) in [4.78, 5) is 25.3. The van der Waals surface area contributed by atoms with E-state index < -0.39 is 27.9 Å². The molecule has 2 N–H and O–H groups in total. The molecule has 1 atom stereocenters. The molecule has 23 heavy (non-hydrogen) atoms. The Morgan fingerprint density at radius 1 is 1.30 bits per heavy atom. The summed E-state index contributed by atoms with van der Waals surface area (Å²) >= 11 is 0. The van der Waals surface area contributed by atoms with E-state index in [-0.39, 0.29) is 5.56 Å². The summed E-state index contributed by atoms with van der Waals surface area (Å²) in [6.07, 6.45) is 3.00. The van der Waals surface area contributed by atoms with Crippen LogP contribution in [-0.2, 0) is 14.8 Å². The molecule has 1 saturated heterocycles. The van der Waals surface area contributed by atoms with Crippen molar-refractivity contribution >= 4 is 27.6 Å². The highest BCUT2D eigenvalue weighted by Crippen LogP contribution is 2.23. The Morgan fingerprint density at radius 2 is 2.00 bits per heavy atom. The summed E-state index contributed by atoms with van der Waals surface area (Å²) in [7, 11) is -3.46. The first-order valence-electron chi connectivity index (χ1n) is 7.31. The molecule has 8 heteroatoms. The van der Waals surface area contributed by atoms with Crippen LogP contribution in [0, 0.1) is 6.92 Å². The SMILES string of the molecule is Cc1ccc(C(=O)N2CCCCC2C(=O)O)cc1NS(C)(=O)=O. The van der Waals surface area contributed by atoms with Gasteiger partial charge in [0.05, 0.1) is 11.9 Å². The first-order valence-corrected chi connectivity index (χ1v) is 9.20. The van der Waals surface area contributed by atoms with E-state index >= 15 is 0 Å². The quantitative estimate of drug-likeness (QED) is 0.863. The number of aryl methyl sites for hydroxylation is 1. The summed E-state index contributed by atoms with van der Waals surface area (Å²) in [6.45, 7) is 2.11. The fourth-order valence-electron chi connectivity index (χ4n) is 2.66. The topological polar surface area (TPSA) is 104 Å². The molecule has 1 heterocycles. The van der Waals surface area contributed by atoms with Gasteiger partial charge >= 0.3 is 5.97 Å². The Bertz CT molecular complexity index is 729. The van der Waals surface area contributed by atoms with E-state index in [1.54, 1.807) is 19.1 Å². The molecule has 126 valence electrons. The van der Waals surface area contributed by atoms with E-state index in [4.69, 9.17) is 0 Å². The molecule has 2 rings (SSSR count). The van der Waals surface area contributed by atoms with Crippen LogP contribution in [0.4, 0.5) is 5.69 Å². The molecular formula is C15H20N2O5S. The fraction of sp³-hybridized carbons (Fsp3) is 0.467. The molecule has 0 radical (unpaired) electrons. The molecule has 1 aromatic rings. The van der Waals surface area contributed by atoms with E-state index in [0.29, 0.717) is 24.2 Å². The zero-order chi connectivity index (χ0) is 17.2. The van der Waals surface area contributed by atoms with Gasteiger partial charge in [0.1, 0.15) is 6.04 Å². The van der Waals surface area contributed by atoms with Gasteiger partial charge in [0.15, 0.2) is 0 Å². The number of anilines is 1. The lowest BCUT2D eigenvalue weighted by molar-refractivity contribution is -0.143. The number of carboxylic acids is 1. The van der Waals surface area contributed by atoms with Gasteiger partial charge in [0.25, 0.3) is 5.91 Å². The van der Waals surface area contributed by atoms with Gasteiger partial charge < -0.3 is 10.0 Å². The number of carbonyl (C=O) groups excluding carboxylic acids is 1. The monoisotopic (exact) mass is 340 g/mol. The number of carboxylic acid groups (broad SMARTS) is 1. The van der Waals surface area contributed by atoms with E-state index in [2.05, 4.69) is 4.72 Å². The summed E-state index contributed by atoms with van der Waals surface area (Å²) in [5.41, 5.74) is 1.28. The molecule has 1 fully saturated rings. The maximum absolute atomic E-state index is 12.6. The standard InChI is InChI=1S/C15H20N2O5S/c1-10-6-7-11(9-12(10)16-23(2,21)22)14(18)17-8-4-3-5-13(17)15(19)20/h6-7,9,13,16H,3-5,8H2,1-2H3,(H,19,20). The molecule has 1 unspecified atom stereocenters. The number of nitrogens with zero attached hydrogens (tertiary/aromatic N) is 1. The largest absolute Gasteiger partial charge is 0.480 e. The number of nitrogens with one attached hydrogen (secondary N) is 1.